The minimum atomic E-state index is -0.358. The number of benzene rings is 2. The molecule has 1 aliphatic rings. The van der Waals surface area contributed by atoms with E-state index in [0.29, 0.717) is 0 Å². The molecule has 0 bridgehead atoms. The second kappa shape index (κ2) is 7.63. The minimum Gasteiger partial charge on any atom is -0.297 e. The van der Waals surface area contributed by atoms with Crippen LogP contribution in [0.1, 0.15) is 11.1 Å². The fraction of sp³-hybridized carbons (Fsp3) is 0.333. The van der Waals surface area contributed by atoms with Gasteiger partial charge in [-0.05, 0) is 35.4 Å². The molecule has 0 amide bonds. The maximum atomic E-state index is 13.2. The molecule has 0 saturated carbocycles. The zero-order valence-corrected chi connectivity index (χ0v) is 14.3. The van der Waals surface area contributed by atoms with Gasteiger partial charge in [-0.1, -0.05) is 41.4 Å². The van der Waals surface area contributed by atoms with Crippen LogP contribution in [0.2, 0.25) is 10.0 Å². The first-order chi connectivity index (χ1) is 11.1. The quantitative estimate of drug-likeness (QED) is 0.801. The number of halogens is 3. The normalized spacial score (nSPS) is 16.7. The summed E-state index contributed by atoms with van der Waals surface area (Å²) in [5.74, 6) is -0.358. The molecule has 0 aliphatic carbocycles. The highest BCUT2D eigenvalue weighted by atomic mass is 35.5. The Bertz CT molecular complexity index is 653. The van der Waals surface area contributed by atoms with Crippen LogP contribution >= 0.6 is 23.2 Å². The molecule has 0 N–H and O–H groups in total. The molecule has 2 aromatic rings. The molecule has 0 radical (unpaired) electrons. The average Bonchev–Trinajstić information content (AvgIpc) is 2.55. The van der Waals surface area contributed by atoms with E-state index in [-0.39, 0.29) is 10.8 Å². The van der Waals surface area contributed by atoms with Gasteiger partial charge in [0, 0.05) is 44.3 Å². The van der Waals surface area contributed by atoms with E-state index in [4.69, 9.17) is 23.2 Å². The largest absolute Gasteiger partial charge is 0.297 e. The maximum absolute atomic E-state index is 13.2. The molecular formula is C18H19Cl2FN2. The molecule has 0 spiro atoms. The van der Waals surface area contributed by atoms with Crippen LogP contribution in [-0.2, 0) is 13.1 Å². The molecule has 23 heavy (non-hydrogen) atoms. The van der Waals surface area contributed by atoms with Crippen LogP contribution in [0.5, 0.6) is 0 Å². The zero-order chi connectivity index (χ0) is 16.2. The SMILES string of the molecule is Fc1ccc(CN2CCN(Cc3ccc(Cl)cc3)CC2)cc1Cl. The monoisotopic (exact) mass is 352 g/mol. The van der Waals surface area contributed by atoms with Gasteiger partial charge in [0.15, 0.2) is 0 Å². The predicted molar refractivity (Wildman–Crippen MR) is 93.4 cm³/mol. The van der Waals surface area contributed by atoms with Crippen LogP contribution in [-0.4, -0.2) is 36.0 Å². The Hall–Kier alpha value is -1.13. The van der Waals surface area contributed by atoms with Crippen LogP contribution < -0.4 is 0 Å². The summed E-state index contributed by atoms with van der Waals surface area (Å²) >= 11 is 11.8. The van der Waals surface area contributed by atoms with Gasteiger partial charge in [-0.25, -0.2) is 4.39 Å². The second-order valence-electron chi connectivity index (χ2n) is 5.93. The van der Waals surface area contributed by atoms with Crippen molar-refractivity contribution in [3.63, 3.8) is 0 Å². The highest BCUT2D eigenvalue weighted by molar-refractivity contribution is 6.31. The third-order valence-corrected chi connectivity index (χ3v) is 4.72. The van der Waals surface area contributed by atoms with Gasteiger partial charge in [0.25, 0.3) is 0 Å². The smallest absolute Gasteiger partial charge is 0.141 e. The number of piperazine rings is 1. The van der Waals surface area contributed by atoms with E-state index in [1.807, 2.05) is 12.1 Å². The molecule has 1 heterocycles. The van der Waals surface area contributed by atoms with Crippen LogP contribution in [0, 0.1) is 5.82 Å². The van der Waals surface area contributed by atoms with Crippen molar-refractivity contribution >= 4 is 23.2 Å². The lowest BCUT2D eigenvalue weighted by molar-refractivity contribution is 0.122. The Morgan fingerprint density at radius 2 is 1.30 bits per heavy atom. The molecule has 3 rings (SSSR count). The van der Waals surface area contributed by atoms with Crippen molar-refractivity contribution in [1.29, 1.82) is 0 Å². The number of hydrogen-bond acceptors (Lipinski definition) is 2. The standard InChI is InChI=1S/C18H19Cl2FN2/c19-16-4-1-14(2-5-16)12-22-7-9-23(10-8-22)13-15-3-6-18(21)17(20)11-15/h1-6,11H,7-10,12-13H2. The fourth-order valence-electron chi connectivity index (χ4n) is 2.85. The highest BCUT2D eigenvalue weighted by Gasteiger charge is 2.17. The third kappa shape index (κ3) is 4.67. The van der Waals surface area contributed by atoms with E-state index < -0.39 is 0 Å². The highest BCUT2D eigenvalue weighted by Crippen LogP contribution is 2.18. The summed E-state index contributed by atoms with van der Waals surface area (Å²) in [4.78, 5) is 4.82. The molecule has 5 heteroatoms. The van der Waals surface area contributed by atoms with Gasteiger partial charge in [-0.15, -0.1) is 0 Å². The van der Waals surface area contributed by atoms with E-state index in [1.165, 1.54) is 11.6 Å². The van der Waals surface area contributed by atoms with Crippen LogP contribution in [0.3, 0.4) is 0 Å². The van der Waals surface area contributed by atoms with E-state index in [9.17, 15) is 4.39 Å². The Morgan fingerprint density at radius 3 is 1.87 bits per heavy atom. The lowest BCUT2D eigenvalue weighted by Crippen LogP contribution is -2.45. The summed E-state index contributed by atoms with van der Waals surface area (Å²) in [7, 11) is 0. The fourth-order valence-corrected chi connectivity index (χ4v) is 3.18. The summed E-state index contributed by atoms with van der Waals surface area (Å²) in [6.45, 7) is 5.82. The number of nitrogens with zero attached hydrogens (tertiary/aromatic N) is 2. The lowest BCUT2D eigenvalue weighted by Gasteiger charge is -2.34. The zero-order valence-electron chi connectivity index (χ0n) is 12.8. The molecular weight excluding hydrogens is 334 g/mol. The molecule has 1 saturated heterocycles. The second-order valence-corrected chi connectivity index (χ2v) is 6.77. The Balaban J connectivity index is 1.50. The molecule has 2 nitrogen and oxygen atoms in total. The first-order valence-electron chi connectivity index (χ1n) is 7.73. The van der Waals surface area contributed by atoms with Crippen LogP contribution in [0.4, 0.5) is 4.39 Å². The van der Waals surface area contributed by atoms with Crippen molar-refractivity contribution in [3.05, 3.63) is 69.5 Å². The first-order valence-corrected chi connectivity index (χ1v) is 8.49. The number of rotatable bonds is 4. The predicted octanol–water partition coefficient (Wildman–Crippen LogP) is 4.45. The van der Waals surface area contributed by atoms with E-state index in [0.717, 1.165) is 49.9 Å². The summed E-state index contributed by atoms with van der Waals surface area (Å²) in [6, 6.07) is 13.0. The van der Waals surface area contributed by atoms with Crippen molar-refractivity contribution in [3.8, 4) is 0 Å². The lowest BCUT2D eigenvalue weighted by atomic mass is 10.1. The van der Waals surface area contributed by atoms with Gasteiger partial charge in [-0.2, -0.15) is 0 Å². The van der Waals surface area contributed by atoms with Crippen LogP contribution in [0.15, 0.2) is 42.5 Å². The number of hydrogen-bond donors (Lipinski definition) is 0. The molecule has 2 aromatic carbocycles. The molecule has 0 unspecified atom stereocenters. The van der Waals surface area contributed by atoms with E-state index in [1.54, 1.807) is 12.1 Å². The summed E-state index contributed by atoms with van der Waals surface area (Å²) in [6.07, 6.45) is 0. The van der Waals surface area contributed by atoms with Crippen molar-refractivity contribution in [2.75, 3.05) is 26.2 Å². The van der Waals surface area contributed by atoms with Gasteiger partial charge in [-0.3, -0.25) is 9.80 Å². The topological polar surface area (TPSA) is 6.48 Å². The summed E-state index contributed by atoms with van der Waals surface area (Å²) in [5.41, 5.74) is 2.34. The maximum Gasteiger partial charge on any atom is 0.141 e. The van der Waals surface area contributed by atoms with E-state index >= 15 is 0 Å². The molecule has 1 aliphatic heterocycles. The molecule has 1 fully saturated rings. The average molecular weight is 353 g/mol. The molecule has 0 aromatic heterocycles. The molecule has 122 valence electrons. The van der Waals surface area contributed by atoms with Crippen molar-refractivity contribution in [2.24, 2.45) is 0 Å². The Morgan fingerprint density at radius 1 is 0.783 bits per heavy atom. The Kier molecular flexibility index (Phi) is 5.54. The van der Waals surface area contributed by atoms with Gasteiger partial charge in [0.05, 0.1) is 5.02 Å². The molecule has 0 atom stereocenters. The van der Waals surface area contributed by atoms with Gasteiger partial charge in [0.1, 0.15) is 5.82 Å². The van der Waals surface area contributed by atoms with Gasteiger partial charge in [0.2, 0.25) is 0 Å². The minimum absolute atomic E-state index is 0.198. The Labute approximate surface area is 146 Å². The van der Waals surface area contributed by atoms with Crippen molar-refractivity contribution < 1.29 is 4.39 Å². The van der Waals surface area contributed by atoms with Crippen LogP contribution in [0.25, 0.3) is 0 Å². The first kappa shape index (κ1) is 16.7. The van der Waals surface area contributed by atoms with Crippen molar-refractivity contribution in [1.82, 2.24) is 9.80 Å². The summed E-state index contributed by atoms with van der Waals surface area (Å²) < 4.78 is 13.2. The van der Waals surface area contributed by atoms with E-state index in [2.05, 4.69) is 21.9 Å². The van der Waals surface area contributed by atoms with Gasteiger partial charge < -0.3 is 0 Å². The van der Waals surface area contributed by atoms with Gasteiger partial charge >= 0.3 is 0 Å². The van der Waals surface area contributed by atoms with Crippen molar-refractivity contribution in [2.45, 2.75) is 13.1 Å². The third-order valence-electron chi connectivity index (χ3n) is 4.17. The summed E-state index contributed by atoms with van der Waals surface area (Å²) in [5, 5.41) is 0.973.